The third-order valence-electron chi connectivity index (χ3n) is 3.64. The molecular formula is C14H11F2IN2O3. The second-order valence-corrected chi connectivity index (χ2v) is 6.21. The summed E-state index contributed by atoms with van der Waals surface area (Å²) in [7, 11) is 0. The number of allylic oxidation sites excluding steroid dienone is 1. The number of hydrogen-bond donors (Lipinski definition) is 1. The largest absolute Gasteiger partial charge is 0.466 e. The highest BCUT2D eigenvalue weighted by atomic mass is 127. The Morgan fingerprint density at radius 3 is 2.73 bits per heavy atom. The highest BCUT2D eigenvalue weighted by Crippen LogP contribution is 2.35. The van der Waals surface area contributed by atoms with Gasteiger partial charge in [-0.3, -0.25) is 9.59 Å². The third-order valence-corrected chi connectivity index (χ3v) is 4.67. The first-order chi connectivity index (χ1) is 10.3. The van der Waals surface area contributed by atoms with Crippen molar-refractivity contribution in [1.29, 1.82) is 0 Å². The summed E-state index contributed by atoms with van der Waals surface area (Å²) in [5, 5.41) is 2.69. The van der Waals surface area contributed by atoms with Crippen molar-refractivity contribution in [2.24, 2.45) is 0 Å². The van der Waals surface area contributed by atoms with E-state index in [2.05, 4.69) is 5.32 Å². The zero-order chi connectivity index (χ0) is 16.1. The Labute approximate surface area is 138 Å². The van der Waals surface area contributed by atoms with Crippen LogP contribution in [-0.4, -0.2) is 35.4 Å². The number of nitrogens with zero attached hydrogens (tertiary/aromatic N) is 1. The highest BCUT2D eigenvalue weighted by Gasteiger charge is 2.55. The van der Waals surface area contributed by atoms with Crippen LogP contribution in [0.25, 0.3) is 0 Å². The van der Waals surface area contributed by atoms with Crippen molar-refractivity contribution >= 4 is 34.4 Å². The Kier molecular flexibility index (Phi) is 3.58. The average molecular weight is 420 g/mol. The van der Waals surface area contributed by atoms with Crippen LogP contribution in [0.15, 0.2) is 27.7 Å². The topological polar surface area (TPSA) is 58.6 Å². The van der Waals surface area contributed by atoms with E-state index in [0.29, 0.717) is 15.5 Å². The van der Waals surface area contributed by atoms with Crippen LogP contribution in [0.1, 0.15) is 17.3 Å². The summed E-state index contributed by atoms with van der Waals surface area (Å²) in [6.45, 7) is 1.75. The predicted octanol–water partition coefficient (Wildman–Crippen LogP) is 1.93. The summed E-state index contributed by atoms with van der Waals surface area (Å²) in [4.78, 5) is 25.5. The summed E-state index contributed by atoms with van der Waals surface area (Å²) < 4.78 is 32.7. The van der Waals surface area contributed by atoms with Crippen molar-refractivity contribution in [3.63, 3.8) is 0 Å². The molecule has 0 aliphatic carbocycles. The van der Waals surface area contributed by atoms with Gasteiger partial charge in [0.2, 0.25) is 5.60 Å². The fraction of sp³-hybridized carbons (Fsp3) is 0.286. The fourth-order valence-electron chi connectivity index (χ4n) is 2.38. The molecule has 3 rings (SSSR count). The second-order valence-electron chi connectivity index (χ2n) is 5.23. The lowest BCUT2D eigenvalue weighted by molar-refractivity contribution is -0.159. The quantitative estimate of drug-likeness (QED) is 0.707. The van der Waals surface area contributed by atoms with E-state index in [1.54, 1.807) is 6.92 Å². The van der Waals surface area contributed by atoms with Gasteiger partial charge in [-0.25, -0.2) is 8.78 Å². The van der Waals surface area contributed by atoms with Gasteiger partial charge in [-0.2, -0.15) is 0 Å². The molecule has 5 nitrogen and oxygen atoms in total. The molecule has 0 radical (unpaired) electrons. The summed E-state index contributed by atoms with van der Waals surface area (Å²) in [6.07, 6.45) is 0. The van der Waals surface area contributed by atoms with Gasteiger partial charge in [-0.1, -0.05) is 0 Å². The molecule has 1 aromatic carbocycles. The van der Waals surface area contributed by atoms with Crippen LogP contribution in [0.5, 0.6) is 0 Å². The minimum absolute atomic E-state index is 0.0221. The molecule has 116 valence electrons. The molecule has 1 saturated heterocycles. The smallest absolute Gasteiger partial charge is 0.272 e. The number of nitrogens with one attached hydrogen (secondary N) is 1. The first-order valence-electron chi connectivity index (χ1n) is 6.43. The van der Waals surface area contributed by atoms with E-state index < -0.39 is 23.1 Å². The molecule has 0 aromatic heterocycles. The van der Waals surface area contributed by atoms with Gasteiger partial charge in [-0.05, 0) is 19.1 Å². The Morgan fingerprint density at radius 2 is 2.09 bits per heavy atom. The Bertz CT molecular complexity index is 714. The summed E-state index contributed by atoms with van der Waals surface area (Å²) >= 11 is 1.96. The van der Waals surface area contributed by atoms with Crippen molar-refractivity contribution in [2.45, 2.75) is 12.5 Å². The van der Waals surface area contributed by atoms with Crippen LogP contribution >= 0.6 is 22.6 Å². The normalized spacial score (nSPS) is 19.6. The van der Waals surface area contributed by atoms with Crippen LogP contribution in [0, 0.1) is 11.6 Å². The lowest BCUT2D eigenvalue weighted by Gasteiger charge is -2.49. The van der Waals surface area contributed by atoms with Gasteiger partial charge in [0.25, 0.3) is 11.8 Å². The van der Waals surface area contributed by atoms with E-state index in [1.165, 1.54) is 4.90 Å². The molecule has 1 spiro atoms. The van der Waals surface area contributed by atoms with Gasteiger partial charge in [0, 0.05) is 28.7 Å². The monoisotopic (exact) mass is 420 g/mol. The molecule has 0 atom stereocenters. The first kappa shape index (κ1) is 15.2. The minimum atomic E-state index is -1.12. The van der Waals surface area contributed by atoms with Gasteiger partial charge < -0.3 is 15.0 Å². The molecule has 1 fully saturated rings. The van der Waals surface area contributed by atoms with Crippen molar-refractivity contribution in [3.05, 3.63) is 44.9 Å². The van der Waals surface area contributed by atoms with E-state index in [4.69, 9.17) is 4.74 Å². The first-order valence-corrected chi connectivity index (χ1v) is 7.51. The van der Waals surface area contributed by atoms with E-state index in [1.807, 2.05) is 22.6 Å². The van der Waals surface area contributed by atoms with Crippen LogP contribution in [0.2, 0.25) is 0 Å². The maximum atomic E-state index is 13.6. The van der Waals surface area contributed by atoms with Crippen LogP contribution < -0.4 is 5.32 Å². The molecule has 0 saturated carbocycles. The van der Waals surface area contributed by atoms with E-state index in [0.717, 1.165) is 12.1 Å². The fourth-order valence-corrected chi connectivity index (χ4v) is 2.94. The van der Waals surface area contributed by atoms with Crippen molar-refractivity contribution in [2.75, 3.05) is 13.1 Å². The molecule has 22 heavy (non-hydrogen) atoms. The lowest BCUT2D eigenvalue weighted by atomic mass is 9.91. The number of hydrogen-bond acceptors (Lipinski definition) is 3. The number of carbonyl (C=O) groups is 2. The number of benzene rings is 1. The maximum Gasteiger partial charge on any atom is 0.272 e. The van der Waals surface area contributed by atoms with Crippen LogP contribution in [0.4, 0.5) is 8.78 Å². The summed E-state index contributed by atoms with van der Waals surface area (Å²) in [6, 6.07) is 2.76. The zero-order valence-electron chi connectivity index (χ0n) is 11.5. The molecule has 1 aromatic rings. The molecule has 2 aliphatic rings. The number of halogens is 3. The number of carbonyl (C=O) groups excluding carboxylic acids is 2. The molecule has 2 heterocycles. The van der Waals surface area contributed by atoms with E-state index in [9.17, 15) is 18.4 Å². The summed E-state index contributed by atoms with van der Waals surface area (Å²) in [5.74, 6) is -2.60. The molecular weight excluding hydrogens is 409 g/mol. The standard InChI is InChI=1S/C14H11F2IN2O3/c1-7-11(17)22-14(13(21)18-7)5-19(6-14)12(20)9-3-2-8(15)4-10(9)16/h2-4H,5-6H2,1H3,(H,18,21). The summed E-state index contributed by atoms with van der Waals surface area (Å²) in [5.41, 5.74) is -0.734. The Hall–Kier alpha value is -1.71. The zero-order valence-corrected chi connectivity index (χ0v) is 13.6. The van der Waals surface area contributed by atoms with Crippen molar-refractivity contribution in [1.82, 2.24) is 10.2 Å². The Balaban J connectivity index is 1.76. The predicted molar refractivity (Wildman–Crippen MR) is 80.9 cm³/mol. The Morgan fingerprint density at radius 1 is 1.41 bits per heavy atom. The van der Waals surface area contributed by atoms with Gasteiger partial charge in [-0.15, -0.1) is 0 Å². The number of rotatable bonds is 1. The van der Waals surface area contributed by atoms with Gasteiger partial charge in [0.05, 0.1) is 24.4 Å². The van der Waals surface area contributed by atoms with Crippen molar-refractivity contribution < 1.29 is 23.1 Å². The van der Waals surface area contributed by atoms with Crippen LogP contribution in [0.3, 0.4) is 0 Å². The number of ether oxygens (including phenoxy) is 1. The highest BCUT2D eigenvalue weighted by molar-refractivity contribution is 14.1. The molecule has 1 N–H and O–H groups in total. The molecule has 8 heteroatoms. The minimum Gasteiger partial charge on any atom is -0.466 e. The van der Waals surface area contributed by atoms with E-state index in [-0.39, 0.29) is 24.6 Å². The molecule has 2 aliphatic heterocycles. The van der Waals surface area contributed by atoms with Crippen LogP contribution in [-0.2, 0) is 9.53 Å². The lowest BCUT2D eigenvalue weighted by Crippen LogP contribution is -2.72. The molecule has 0 unspecified atom stereocenters. The van der Waals surface area contributed by atoms with Gasteiger partial charge in [0.15, 0.2) is 3.77 Å². The molecule has 0 bridgehead atoms. The number of likely N-dealkylation sites (tertiary alicyclic amines) is 1. The average Bonchev–Trinajstić information content (AvgIpc) is 2.40. The van der Waals surface area contributed by atoms with E-state index >= 15 is 0 Å². The maximum absolute atomic E-state index is 13.6. The second kappa shape index (κ2) is 5.18. The molecule has 2 amide bonds. The number of amides is 2. The van der Waals surface area contributed by atoms with Gasteiger partial charge in [0.1, 0.15) is 11.6 Å². The van der Waals surface area contributed by atoms with Gasteiger partial charge >= 0.3 is 0 Å². The SMILES string of the molecule is CC1=C(I)OC2(CN(C(=O)c3ccc(F)cc3F)C2)C(=O)N1. The third kappa shape index (κ3) is 2.34. The van der Waals surface area contributed by atoms with Crippen molar-refractivity contribution in [3.8, 4) is 0 Å².